The van der Waals surface area contributed by atoms with Crippen LogP contribution >= 0.6 is 0 Å². The molecule has 2 atom stereocenters. The molecule has 0 amide bonds. The Hall–Kier alpha value is -1.84. The summed E-state index contributed by atoms with van der Waals surface area (Å²) >= 11 is 0. The van der Waals surface area contributed by atoms with Gasteiger partial charge < -0.3 is 14.2 Å². The summed E-state index contributed by atoms with van der Waals surface area (Å²) in [5, 5.41) is 0. The molecule has 1 saturated carbocycles. The second-order valence-electron chi connectivity index (χ2n) is 11.0. The molecule has 2 unspecified atom stereocenters. The summed E-state index contributed by atoms with van der Waals surface area (Å²) in [5.74, 6) is 2.64. The SMILES string of the molecule is CC(OCCOC1CCC(c2ccccc2)CC1)Oc1ccc(C(C(C)C)C(C)(C)C)cc1. The fourth-order valence-electron chi connectivity index (χ4n) is 5.58. The molecular weight excluding hydrogens is 408 g/mol. The van der Waals surface area contributed by atoms with E-state index in [1.54, 1.807) is 0 Å². The standard InChI is InChI=1S/C30H44O3/c1-22(2)29(30(4,5)6)26-14-18-28(19-15-26)33-23(3)31-20-21-32-27-16-12-25(13-17-27)24-10-8-7-9-11-24/h7-11,14-15,18-19,22-23,25,27,29H,12-13,16-17,20-21H2,1-6H3. The molecule has 0 bridgehead atoms. The Bertz CT molecular complexity index is 799. The van der Waals surface area contributed by atoms with Crippen LogP contribution in [0, 0.1) is 11.3 Å². The van der Waals surface area contributed by atoms with Gasteiger partial charge >= 0.3 is 0 Å². The van der Waals surface area contributed by atoms with Crippen LogP contribution in [-0.2, 0) is 9.47 Å². The van der Waals surface area contributed by atoms with Crippen LogP contribution in [0.25, 0.3) is 0 Å². The fourth-order valence-corrected chi connectivity index (χ4v) is 5.58. The third kappa shape index (κ3) is 7.86. The molecule has 0 radical (unpaired) electrons. The highest BCUT2D eigenvalue weighted by Crippen LogP contribution is 2.41. The Labute approximate surface area is 201 Å². The van der Waals surface area contributed by atoms with Crippen LogP contribution in [0.3, 0.4) is 0 Å². The highest BCUT2D eigenvalue weighted by atomic mass is 16.7. The molecule has 3 rings (SSSR count). The van der Waals surface area contributed by atoms with Gasteiger partial charge in [0.05, 0.1) is 19.3 Å². The molecule has 3 nitrogen and oxygen atoms in total. The van der Waals surface area contributed by atoms with E-state index in [-0.39, 0.29) is 11.7 Å². The summed E-state index contributed by atoms with van der Waals surface area (Å²) < 4.78 is 17.9. The van der Waals surface area contributed by atoms with Crippen molar-refractivity contribution in [2.24, 2.45) is 11.3 Å². The van der Waals surface area contributed by atoms with Gasteiger partial charge in [-0.05, 0) is 79.0 Å². The summed E-state index contributed by atoms with van der Waals surface area (Å²) in [6, 6.07) is 19.4. The third-order valence-electron chi connectivity index (χ3n) is 6.88. The predicted octanol–water partition coefficient (Wildman–Crippen LogP) is 7.96. The van der Waals surface area contributed by atoms with E-state index in [4.69, 9.17) is 14.2 Å². The Kier molecular flexibility index (Phi) is 9.40. The van der Waals surface area contributed by atoms with E-state index in [0.717, 1.165) is 18.6 Å². The number of hydrogen-bond acceptors (Lipinski definition) is 3. The number of rotatable bonds is 10. The molecule has 0 aliphatic heterocycles. The summed E-state index contributed by atoms with van der Waals surface area (Å²) in [5.41, 5.74) is 3.07. The highest BCUT2D eigenvalue weighted by molar-refractivity contribution is 5.30. The van der Waals surface area contributed by atoms with Crippen molar-refractivity contribution in [2.75, 3.05) is 13.2 Å². The molecule has 1 aliphatic rings. The molecule has 0 saturated heterocycles. The van der Waals surface area contributed by atoms with E-state index in [1.807, 2.05) is 6.92 Å². The Morgan fingerprint density at radius 2 is 1.45 bits per heavy atom. The molecule has 1 aliphatic carbocycles. The van der Waals surface area contributed by atoms with Gasteiger partial charge in [-0.25, -0.2) is 0 Å². The zero-order valence-corrected chi connectivity index (χ0v) is 21.6. The maximum atomic E-state index is 6.08. The Balaban J connectivity index is 1.35. The number of benzene rings is 2. The van der Waals surface area contributed by atoms with E-state index < -0.39 is 0 Å². The van der Waals surface area contributed by atoms with E-state index in [0.29, 0.717) is 37.1 Å². The number of hydrogen-bond donors (Lipinski definition) is 0. The van der Waals surface area contributed by atoms with E-state index >= 15 is 0 Å². The molecule has 0 spiro atoms. The molecular formula is C30H44O3. The molecule has 0 heterocycles. The van der Waals surface area contributed by atoms with Gasteiger partial charge in [-0.1, -0.05) is 77.1 Å². The van der Waals surface area contributed by atoms with Crippen molar-refractivity contribution in [2.45, 2.75) is 91.5 Å². The van der Waals surface area contributed by atoms with Gasteiger partial charge in [-0.3, -0.25) is 0 Å². The van der Waals surface area contributed by atoms with Crippen molar-refractivity contribution in [3.63, 3.8) is 0 Å². The smallest absolute Gasteiger partial charge is 0.197 e. The lowest BCUT2D eigenvalue weighted by molar-refractivity contribution is -0.0944. The highest BCUT2D eigenvalue weighted by Gasteiger charge is 2.29. The zero-order valence-electron chi connectivity index (χ0n) is 21.6. The molecule has 0 N–H and O–H groups in total. The maximum Gasteiger partial charge on any atom is 0.197 e. The second kappa shape index (κ2) is 12.0. The Morgan fingerprint density at radius 1 is 0.818 bits per heavy atom. The lowest BCUT2D eigenvalue weighted by Gasteiger charge is -2.34. The maximum absolute atomic E-state index is 6.08. The van der Waals surface area contributed by atoms with Crippen LogP contribution in [-0.4, -0.2) is 25.6 Å². The van der Waals surface area contributed by atoms with Gasteiger partial charge in [-0.15, -0.1) is 0 Å². The van der Waals surface area contributed by atoms with Crippen LogP contribution in [0.1, 0.15) is 90.2 Å². The van der Waals surface area contributed by atoms with Crippen LogP contribution in [0.15, 0.2) is 54.6 Å². The lowest BCUT2D eigenvalue weighted by atomic mass is 9.70. The van der Waals surface area contributed by atoms with Gasteiger partial charge in [-0.2, -0.15) is 0 Å². The minimum atomic E-state index is -0.295. The first kappa shape index (κ1) is 25.8. The molecule has 2 aromatic rings. The minimum Gasteiger partial charge on any atom is -0.465 e. The monoisotopic (exact) mass is 452 g/mol. The molecule has 33 heavy (non-hydrogen) atoms. The van der Waals surface area contributed by atoms with Crippen molar-refractivity contribution in [1.29, 1.82) is 0 Å². The molecule has 0 aromatic heterocycles. The van der Waals surface area contributed by atoms with Gasteiger partial charge in [0.2, 0.25) is 0 Å². The van der Waals surface area contributed by atoms with Crippen LogP contribution in [0.4, 0.5) is 0 Å². The van der Waals surface area contributed by atoms with Crippen LogP contribution in [0.2, 0.25) is 0 Å². The quantitative estimate of drug-likeness (QED) is 0.270. The molecule has 1 fully saturated rings. The lowest BCUT2D eigenvalue weighted by Crippen LogP contribution is -2.24. The van der Waals surface area contributed by atoms with Gasteiger partial charge in [0, 0.05) is 0 Å². The topological polar surface area (TPSA) is 27.7 Å². The van der Waals surface area contributed by atoms with Crippen molar-refractivity contribution >= 4 is 0 Å². The average molecular weight is 453 g/mol. The first-order valence-electron chi connectivity index (χ1n) is 12.8. The summed E-state index contributed by atoms with van der Waals surface area (Å²) in [7, 11) is 0. The van der Waals surface area contributed by atoms with Crippen LogP contribution in [0.5, 0.6) is 5.75 Å². The van der Waals surface area contributed by atoms with Crippen LogP contribution < -0.4 is 4.74 Å². The summed E-state index contributed by atoms with van der Waals surface area (Å²) in [6.45, 7) is 14.7. The van der Waals surface area contributed by atoms with Crippen molar-refractivity contribution in [1.82, 2.24) is 0 Å². The molecule has 3 heteroatoms. The first-order chi connectivity index (χ1) is 15.7. The van der Waals surface area contributed by atoms with Gasteiger partial charge in [0.25, 0.3) is 0 Å². The summed E-state index contributed by atoms with van der Waals surface area (Å²) in [6.07, 6.45) is 4.73. The number of ether oxygens (including phenoxy) is 3. The van der Waals surface area contributed by atoms with Crippen molar-refractivity contribution < 1.29 is 14.2 Å². The molecule has 182 valence electrons. The largest absolute Gasteiger partial charge is 0.465 e. The van der Waals surface area contributed by atoms with E-state index in [9.17, 15) is 0 Å². The fraction of sp³-hybridized carbons (Fsp3) is 0.600. The second-order valence-corrected chi connectivity index (χ2v) is 11.0. The summed E-state index contributed by atoms with van der Waals surface area (Å²) in [4.78, 5) is 0. The van der Waals surface area contributed by atoms with Crippen molar-refractivity contribution in [3.05, 3.63) is 65.7 Å². The average Bonchev–Trinajstić information content (AvgIpc) is 2.78. The van der Waals surface area contributed by atoms with Gasteiger partial charge in [0.15, 0.2) is 6.29 Å². The van der Waals surface area contributed by atoms with Gasteiger partial charge in [0.1, 0.15) is 5.75 Å². The normalized spacial score (nSPS) is 21.1. The van der Waals surface area contributed by atoms with E-state index in [1.165, 1.54) is 24.0 Å². The van der Waals surface area contributed by atoms with E-state index in [2.05, 4.69) is 89.2 Å². The minimum absolute atomic E-state index is 0.230. The first-order valence-corrected chi connectivity index (χ1v) is 12.8. The van der Waals surface area contributed by atoms with Crippen molar-refractivity contribution in [3.8, 4) is 5.75 Å². The third-order valence-corrected chi connectivity index (χ3v) is 6.88. The zero-order chi connectivity index (χ0) is 23.8. The predicted molar refractivity (Wildman–Crippen MR) is 137 cm³/mol. The Morgan fingerprint density at radius 3 is 2.03 bits per heavy atom. The molecule has 2 aromatic carbocycles.